The van der Waals surface area contributed by atoms with Crippen LogP contribution in [-0.4, -0.2) is 29.3 Å². The van der Waals surface area contributed by atoms with Crippen LogP contribution >= 0.6 is 0 Å². The Hall–Kier alpha value is -1.06. The van der Waals surface area contributed by atoms with Crippen molar-refractivity contribution in [2.75, 3.05) is 6.54 Å². The summed E-state index contributed by atoms with van der Waals surface area (Å²) >= 11 is 0. The first-order chi connectivity index (χ1) is 8.10. The van der Waals surface area contributed by atoms with E-state index in [1.165, 1.54) is 6.42 Å². The van der Waals surface area contributed by atoms with Gasteiger partial charge >= 0.3 is 0 Å². The van der Waals surface area contributed by atoms with Crippen molar-refractivity contribution in [2.45, 2.75) is 58.4 Å². The van der Waals surface area contributed by atoms with Gasteiger partial charge in [-0.05, 0) is 25.2 Å². The molecule has 1 rings (SSSR count). The van der Waals surface area contributed by atoms with Crippen molar-refractivity contribution in [3.63, 3.8) is 0 Å². The van der Waals surface area contributed by atoms with E-state index in [0.29, 0.717) is 25.3 Å². The quantitative estimate of drug-likeness (QED) is 0.794. The summed E-state index contributed by atoms with van der Waals surface area (Å²) in [6.07, 6.45) is 5.47. The largest absolute Gasteiger partial charge is 0.368 e. The molecule has 0 aliphatic carbocycles. The molecule has 4 nitrogen and oxygen atoms in total. The van der Waals surface area contributed by atoms with Gasteiger partial charge in [0.05, 0.1) is 0 Å². The average molecular weight is 240 g/mol. The Labute approximate surface area is 104 Å². The molecule has 2 N–H and O–H groups in total. The molecule has 1 saturated heterocycles. The number of nitrogens with two attached hydrogens (primary N) is 1. The molecule has 1 aliphatic rings. The molecule has 98 valence electrons. The van der Waals surface area contributed by atoms with Crippen LogP contribution in [0.5, 0.6) is 0 Å². The second-order valence-electron chi connectivity index (χ2n) is 4.90. The second-order valence-corrected chi connectivity index (χ2v) is 4.90. The normalized spacial score (nSPS) is 23.3. The third-order valence-corrected chi connectivity index (χ3v) is 3.65. The van der Waals surface area contributed by atoms with Gasteiger partial charge in [-0.25, -0.2) is 0 Å². The first-order valence-corrected chi connectivity index (χ1v) is 6.68. The molecule has 0 aromatic rings. The van der Waals surface area contributed by atoms with Crippen LogP contribution in [-0.2, 0) is 9.59 Å². The van der Waals surface area contributed by atoms with Crippen molar-refractivity contribution in [1.82, 2.24) is 4.90 Å². The summed E-state index contributed by atoms with van der Waals surface area (Å²) in [5.74, 6) is 0.336. The number of amides is 2. The van der Waals surface area contributed by atoms with Crippen LogP contribution in [0.1, 0.15) is 52.4 Å². The molecule has 2 unspecified atom stereocenters. The molecule has 0 aromatic carbocycles. The molecule has 0 spiro atoms. The van der Waals surface area contributed by atoms with Crippen molar-refractivity contribution in [3.05, 3.63) is 0 Å². The van der Waals surface area contributed by atoms with Crippen molar-refractivity contribution >= 4 is 11.8 Å². The molecule has 1 aliphatic heterocycles. The highest BCUT2D eigenvalue weighted by Crippen LogP contribution is 2.24. The zero-order valence-corrected chi connectivity index (χ0v) is 10.9. The molecule has 2 atom stereocenters. The highest BCUT2D eigenvalue weighted by molar-refractivity contribution is 5.86. The predicted molar refractivity (Wildman–Crippen MR) is 67.2 cm³/mol. The van der Waals surface area contributed by atoms with E-state index in [0.717, 1.165) is 19.3 Å². The number of hydrogen-bond donors (Lipinski definition) is 1. The zero-order chi connectivity index (χ0) is 12.8. The van der Waals surface area contributed by atoms with Crippen molar-refractivity contribution in [3.8, 4) is 0 Å². The Kier molecular flexibility index (Phi) is 5.45. The third-order valence-electron chi connectivity index (χ3n) is 3.65. The van der Waals surface area contributed by atoms with Gasteiger partial charge in [0.25, 0.3) is 0 Å². The highest BCUT2D eigenvalue weighted by atomic mass is 16.2. The number of likely N-dealkylation sites (tertiary alicyclic amines) is 1. The lowest BCUT2D eigenvalue weighted by molar-refractivity contribution is -0.139. The maximum absolute atomic E-state index is 12.0. The molecular weight excluding hydrogens is 216 g/mol. The second kappa shape index (κ2) is 6.62. The Morgan fingerprint density at radius 1 is 1.47 bits per heavy atom. The van der Waals surface area contributed by atoms with Crippen LogP contribution in [0.2, 0.25) is 0 Å². The summed E-state index contributed by atoms with van der Waals surface area (Å²) in [6.45, 7) is 4.75. The monoisotopic (exact) mass is 240 g/mol. The molecular formula is C13H24N2O2. The smallest absolute Gasteiger partial charge is 0.240 e. The Morgan fingerprint density at radius 3 is 2.71 bits per heavy atom. The molecule has 17 heavy (non-hydrogen) atoms. The van der Waals surface area contributed by atoms with Crippen LogP contribution in [0, 0.1) is 5.92 Å². The number of primary amides is 1. The number of nitrogens with zero attached hydrogens (tertiary/aromatic N) is 1. The van der Waals surface area contributed by atoms with Crippen LogP contribution in [0.3, 0.4) is 0 Å². The molecule has 1 fully saturated rings. The Bertz CT molecular complexity index is 279. The minimum absolute atomic E-state index is 0.0919. The summed E-state index contributed by atoms with van der Waals surface area (Å²) in [4.78, 5) is 25.0. The van der Waals surface area contributed by atoms with Gasteiger partial charge in [-0.3, -0.25) is 9.59 Å². The minimum atomic E-state index is -0.414. The topological polar surface area (TPSA) is 63.4 Å². The van der Waals surface area contributed by atoms with Gasteiger partial charge in [0.15, 0.2) is 0 Å². The molecule has 4 heteroatoms. The summed E-state index contributed by atoms with van der Waals surface area (Å²) in [6, 6.07) is -0.414. The molecule has 0 aromatic heterocycles. The lowest BCUT2D eigenvalue weighted by atomic mass is 9.96. The summed E-state index contributed by atoms with van der Waals surface area (Å²) < 4.78 is 0. The molecule has 0 saturated carbocycles. The SMILES string of the molecule is CCCC1CCC(=O)N(C(CC)C(N)=O)CC1. The first-order valence-electron chi connectivity index (χ1n) is 6.68. The fraction of sp³-hybridized carbons (Fsp3) is 0.846. The maximum Gasteiger partial charge on any atom is 0.240 e. The van der Waals surface area contributed by atoms with E-state index in [9.17, 15) is 9.59 Å². The van der Waals surface area contributed by atoms with E-state index >= 15 is 0 Å². The van der Waals surface area contributed by atoms with Gasteiger partial charge in [-0.15, -0.1) is 0 Å². The average Bonchev–Trinajstić information content (AvgIpc) is 2.45. The first kappa shape index (κ1) is 14.0. The number of carbonyl (C=O) groups is 2. The molecule has 2 amide bonds. The standard InChI is InChI=1S/C13H24N2O2/c1-3-5-10-6-7-12(16)15(9-8-10)11(4-2)13(14)17/h10-11H,3-9H2,1-2H3,(H2,14,17). The number of rotatable bonds is 5. The van der Waals surface area contributed by atoms with Crippen LogP contribution in [0.15, 0.2) is 0 Å². The van der Waals surface area contributed by atoms with Gasteiger partial charge < -0.3 is 10.6 Å². The van der Waals surface area contributed by atoms with Gasteiger partial charge in [0.2, 0.25) is 11.8 Å². The zero-order valence-electron chi connectivity index (χ0n) is 10.9. The summed E-state index contributed by atoms with van der Waals surface area (Å²) in [7, 11) is 0. The van der Waals surface area contributed by atoms with E-state index in [2.05, 4.69) is 6.92 Å². The molecule has 0 bridgehead atoms. The van der Waals surface area contributed by atoms with Crippen molar-refractivity contribution < 1.29 is 9.59 Å². The van der Waals surface area contributed by atoms with E-state index < -0.39 is 6.04 Å². The van der Waals surface area contributed by atoms with Gasteiger partial charge in [0, 0.05) is 13.0 Å². The summed E-state index contributed by atoms with van der Waals surface area (Å²) in [5.41, 5.74) is 5.35. The van der Waals surface area contributed by atoms with E-state index in [1.807, 2.05) is 6.92 Å². The Balaban J connectivity index is 2.66. The van der Waals surface area contributed by atoms with Gasteiger partial charge in [-0.2, -0.15) is 0 Å². The van der Waals surface area contributed by atoms with Crippen LogP contribution < -0.4 is 5.73 Å². The fourth-order valence-corrected chi connectivity index (χ4v) is 2.66. The lowest BCUT2D eigenvalue weighted by Gasteiger charge is -2.27. The highest BCUT2D eigenvalue weighted by Gasteiger charge is 2.29. The number of hydrogen-bond acceptors (Lipinski definition) is 2. The van der Waals surface area contributed by atoms with Gasteiger partial charge in [0.1, 0.15) is 6.04 Å². The van der Waals surface area contributed by atoms with E-state index in [1.54, 1.807) is 4.90 Å². The molecule has 1 heterocycles. The Morgan fingerprint density at radius 2 is 2.18 bits per heavy atom. The van der Waals surface area contributed by atoms with E-state index in [4.69, 9.17) is 5.73 Å². The lowest BCUT2D eigenvalue weighted by Crippen LogP contribution is -2.47. The van der Waals surface area contributed by atoms with E-state index in [-0.39, 0.29) is 11.8 Å². The summed E-state index contributed by atoms with van der Waals surface area (Å²) in [5, 5.41) is 0. The number of carbonyl (C=O) groups excluding carboxylic acids is 2. The van der Waals surface area contributed by atoms with Crippen molar-refractivity contribution in [1.29, 1.82) is 0 Å². The van der Waals surface area contributed by atoms with Crippen LogP contribution in [0.25, 0.3) is 0 Å². The fourth-order valence-electron chi connectivity index (χ4n) is 2.66. The predicted octanol–water partition coefficient (Wildman–Crippen LogP) is 1.68. The minimum Gasteiger partial charge on any atom is -0.368 e. The van der Waals surface area contributed by atoms with Gasteiger partial charge in [-0.1, -0.05) is 26.7 Å². The van der Waals surface area contributed by atoms with Crippen molar-refractivity contribution in [2.24, 2.45) is 11.7 Å². The molecule has 0 radical (unpaired) electrons. The third kappa shape index (κ3) is 3.72. The van der Waals surface area contributed by atoms with Crippen LogP contribution in [0.4, 0.5) is 0 Å². The maximum atomic E-state index is 12.0.